The number of rotatable bonds is 3. The van der Waals surface area contributed by atoms with Crippen molar-refractivity contribution in [3.05, 3.63) is 34.9 Å². The van der Waals surface area contributed by atoms with Crippen LogP contribution in [-0.2, 0) is 0 Å². The highest BCUT2D eigenvalue weighted by Crippen LogP contribution is 2.39. The SMILES string of the molecule is CCC1C2CNCC2CN1C(C)c1cc(C)cc(C)c1. The number of nitrogens with zero attached hydrogens (tertiary/aromatic N) is 1. The number of fused-ring (bicyclic) bond motifs is 1. The third kappa shape index (κ3) is 2.40. The molecule has 4 unspecified atom stereocenters. The van der Waals surface area contributed by atoms with Crippen LogP contribution in [0.2, 0.25) is 0 Å². The standard InChI is InChI=1S/C18H28N2/c1-5-18-17-10-19-9-16(17)11-20(18)14(4)15-7-12(2)6-13(3)8-15/h6-8,14,16-19H,5,9-11H2,1-4H3. The van der Waals surface area contributed by atoms with Crippen molar-refractivity contribution < 1.29 is 0 Å². The van der Waals surface area contributed by atoms with E-state index in [4.69, 9.17) is 0 Å². The van der Waals surface area contributed by atoms with Gasteiger partial charge in [0.15, 0.2) is 0 Å². The average molecular weight is 272 g/mol. The van der Waals surface area contributed by atoms with Crippen LogP contribution in [0, 0.1) is 25.7 Å². The van der Waals surface area contributed by atoms with Gasteiger partial charge < -0.3 is 5.32 Å². The first kappa shape index (κ1) is 14.1. The molecule has 2 heteroatoms. The van der Waals surface area contributed by atoms with E-state index in [-0.39, 0.29) is 0 Å². The van der Waals surface area contributed by atoms with Gasteiger partial charge in [-0.2, -0.15) is 0 Å². The zero-order chi connectivity index (χ0) is 14.3. The van der Waals surface area contributed by atoms with Gasteiger partial charge >= 0.3 is 0 Å². The van der Waals surface area contributed by atoms with Gasteiger partial charge in [-0.3, -0.25) is 4.90 Å². The van der Waals surface area contributed by atoms with Crippen molar-refractivity contribution in [1.29, 1.82) is 0 Å². The summed E-state index contributed by atoms with van der Waals surface area (Å²) in [5, 5.41) is 3.58. The third-order valence-corrected chi connectivity index (χ3v) is 5.40. The van der Waals surface area contributed by atoms with Crippen molar-refractivity contribution in [2.75, 3.05) is 19.6 Å². The lowest BCUT2D eigenvalue weighted by atomic mass is 9.92. The second-order valence-electron chi connectivity index (χ2n) is 6.85. The van der Waals surface area contributed by atoms with E-state index in [2.05, 4.69) is 56.1 Å². The Balaban J connectivity index is 1.84. The molecule has 2 heterocycles. The Labute approximate surface area is 123 Å². The van der Waals surface area contributed by atoms with E-state index >= 15 is 0 Å². The van der Waals surface area contributed by atoms with E-state index in [9.17, 15) is 0 Å². The molecule has 0 spiro atoms. The molecule has 2 aliphatic rings. The Bertz CT molecular complexity index is 462. The van der Waals surface area contributed by atoms with E-state index in [1.807, 2.05) is 0 Å². The monoisotopic (exact) mass is 272 g/mol. The van der Waals surface area contributed by atoms with E-state index in [0.717, 1.165) is 17.9 Å². The number of benzene rings is 1. The lowest BCUT2D eigenvalue weighted by molar-refractivity contribution is 0.165. The molecule has 0 radical (unpaired) electrons. The minimum atomic E-state index is 0.546. The van der Waals surface area contributed by atoms with Crippen LogP contribution in [-0.4, -0.2) is 30.6 Å². The van der Waals surface area contributed by atoms with Crippen LogP contribution >= 0.6 is 0 Å². The second kappa shape index (κ2) is 5.50. The topological polar surface area (TPSA) is 15.3 Å². The molecule has 0 amide bonds. The minimum absolute atomic E-state index is 0.546. The molecule has 3 rings (SSSR count). The van der Waals surface area contributed by atoms with E-state index < -0.39 is 0 Å². The maximum atomic E-state index is 3.58. The molecule has 1 aromatic carbocycles. The summed E-state index contributed by atoms with van der Waals surface area (Å²) in [4.78, 5) is 2.77. The zero-order valence-electron chi connectivity index (χ0n) is 13.3. The summed E-state index contributed by atoms with van der Waals surface area (Å²) in [6.45, 7) is 12.9. The van der Waals surface area contributed by atoms with Gasteiger partial charge in [-0.15, -0.1) is 0 Å². The lowest BCUT2D eigenvalue weighted by Gasteiger charge is -2.33. The Morgan fingerprint density at radius 1 is 1.20 bits per heavy atom. The summed E-state index contributed by atoms with van der Waals surface area (Å²) in [5.41, 5.74) is 4.27. The maximum Gasteiger partial charge on any atom is 0.0323 e. The molecule has 0 saturated carbocycles. The third-order valence-electron chi connectivity index (χ3n) is 5.40. The first-order chi connectivity index (χ1) is 9.60. The largest absolute Gasteiger partial charge is 0.316 e. The number of aryl methyl sites for hydroxylation is 2. The Morgan fingerprint density at radius 3 is 2.55 bits per heavy atom. The minimum Gasteiger partial charge on any atom is -0.316 e. The van der Waals surface area contributed by atoms with Crippen LogP contribution in [0.15, 0.2) is 18.2 Å². The zero-order valence-corrected chi connectivity index (χ0v) is 13.3. The van der Waals surface area contributed by atoms with Crippen molar-refractivity contribution in [1.82, 2.24) is 10.2 Å². The van der Waals surface area contributed by atoms with Crippen molar-refractivity contribution in [2.24, 2.45) is 11.8 Å². The molecule has 4 atom stereocenters. The normalized spacial score (nSPS) is 31.5. The molecule has 0 aliphatic carbocycles. The van der Waals surface area contributed by atoms with Crippen LogP contribution in [0.25, 0.3) is 0 Å². The first-order valence-corrected chi connectivity index (χ1v) is 8.14. The fraction of sp³-hybridized carbons (Fsp3) is 0.667. The van der Waals surface area contributed by atoms with Crippen molar-refractivity contribution in [3.63, 3.8) is 0 Å². The van der Waals surface area contributed by atoms with Gasteiger partial charge in [0.25, 0.3) is 0 Å². The highest BCUT2D eigenvalue weighted by atomic mass is 15.2. The molecule has 110 valence electrons. The molecule has 1 N–H and O–H groups in total. The molecular formula is C18H28N2. The van der Waals surface area contributed by atoms with Crippen LogP contribution in [0.1, 0.15) is 43.0 Å². The average Bonchev–Trinajstić information content (AvgIpc) is 2.96. The van der Waals surface area contributed by atoms with E-state index in [1.54, 1.807) is 0 Å². The molecule has 1 aromatic rings. The molecule has 2 aliphatic heterocycles. The summed E-state index contributed by atoms with van der Waals surface area (Å²) in [6, 6.07) is 8.32. The molecule has 0 bridgehead atoms. The smallest absolute Gasteiger partial charge is 0.0323 e. The van der Waals surface area contributed by atoms with Gasteiger partial charge in [0.05, 0.1) is 0 Å². The number of likely N-dealkylation sites (tertiary alicyclic amines) is 1. The van der Waals surface area contributed by atoms with Crippen LogP contribution < -0.4 is 5.32 Å². The highest BCUT2D eigenvalue weighted by molar-refractivity contribution is 5.30. The Kier molecular flexibility index (Phi) is 3.87. The number of nitrogens with one attached hydrogen (secondary N) is 1. The van der Waals surface area contributed by atoms with Crippen LogP contribution in [0.5, 0.6) is 0 Å². The number of hydrogen-bond donors (Lipinski definition) is 1. The van der Waals surface area contributed by atoms with E-state index in [1.165, 1.54) is 42.7 Å². The van der Waals surface area contributed by atoms with Crippen LogP contribution in [0.4, 0.5) is 0 Å². The summed E-state index contributed by atoms with van der Waals surface area (Å²) in [7, 11) is 0. The van der Waals surface area contributed by atoms with Gasteiger partial charge in [0, 0.05) is 18.6 Å². The maximum absolute atomic E-state index is 3.58. The highest BCUT2D eigenvalue weighted by Gasteiger charge is 2.44. The molecular weight excluding hydrogens is 244 g/mol. The predicted octanol–water partition coefficient (Wildman–Crippen LogP) is 3.29. The molecule has 2 nitrogen and oxygen atoms in total. The molecule has 2 fully saturated rings. The summed E-state index contributed by atoms with van der Waals surface area (Å²) in [5.74, 6) is 1.74. The Hall–Kier alpha value is -0.860. The summed E-state index contributed by atoms with van der Waals surface area (Å²) >= 11 is 0. The molecule has 20 heavy (non-hydrogen) atoms. The quantitative estimate of drug-likeness (QED) is 0.908. The lowest BCUT2D eigenvalue weighted by Crippen LogP contribution is -2.37. The van der Waals surface area contributed by atoms with Gasteiger partial charge in [-0.1, -0.05) is 36.2 Å². The van der Waals surface area contributed by atoms with E-state index in [0.29, 0.717) is 6.04 Å². The fourth-order valence-electron chi connectivity index (χ4n) is 4.48. The van der Waals surface area contributed by atoms with Crippen molar-refractivity contribution in [2.45, 2.75) is 46.2 Å². The molecule has 0 aromatic heterocycles. The Morgan fingerprint density at radius 2 is 1.90 bits per heavy atom. The summed E-state index contributed by atoms with van der Waals surface area (Å²) < 4.78 is 0. The van der Waals surface area contributed by atoms with Gasteiger partial charge in [0.1, 0.15) is 0 Å². The van der Waals surface area contributed by atoms with Crippen molar-refractivity contribution in [3.8, 4) is 0 Å². The van der Waals surface area contributed by atoms with Gasteiger partial charge in [-0.25, -0.2) is 0 Å². The summed E-state index contributed by atoms with van der Waals surface area (Å²) in [6.07, 6.45) is 1.28. The van der Waals surface area contributed by atoms with Crippen molar-refractivity contribution >= 4 is 0 Å². The van der Waals surface area contributed by atoms with Crippen LogP contribution in [0.3, 0.4) is 0 Å². The fourth-order valence-corrected chi connectivity index (χ4v) is 4.48. The van der Waals surface area contributed by atoms with Gasteiger partial charge in [0.2, 0.25) is 0 Å². The number of hydrogen-bond acceptors (Lipinski definition) is 2. The molecule has 2 saturated heterocycles. The predicted molar refractivity (Wildman–Crippen MR) is 85.0 cm³/mol. The van der Waals surface area contributed by atoms with Gasteiger partial charge in [-0.05, 0) is 57.7 Å². The second-order valence-corrected chi connectivity index (χ2v) is 6.85. The first-order valence-electron chi connectivity index (χ1n) is 8.14.